The molecule has 1 heterocycles. The molecule has 8 heteroatoms. The first-order valence-corrected chi connectivity index (χ1v) is 5.62. The Bertz CT molecular complexity index is 267. The summed E-state index contributed by atoms with van der Waals surface area (Å²) in [6.07, 6.45) is 0.430. The Morgan fingerprint density at radius 1 is 1.50 bits per heavy atom. The van der Waals surface area contributed by atoms with Gasteiger partial charge in [-0.2, -0.15) is 8.42 Å². The molecular weight excluding hydrogens is 212 g/mol. The number of hydrogen-bond acceptors (Lipinski definition) is 6. The van der Waals surface area contributed by atoms with Gasteiger partial charge in [0, 0.05) is 6.54 Å². The molecule has 1 aliphatic heterocycles. The fourth-order valence-electron chi connectivity index (χ4n) is 1.16. The van der Waals surface area contributed by atoms with E-state index in [9.17, 15) is 8.42 Å². The van der Waals surface area contributed by atoms with E-state index in [1.54, 1.807) is 0 Å². The number of nitrogens with two attached hydrogens (primary N) is 1. The molecule has 0 aromatic rings. The lowest BCUT2D eigenvalue weighted by molar-refractivity contribution is -0.105. The van der Waals surface area contributed by atoms with Gasteiger partial charge in [0.1, 0.15) is 18.9 Å². The lowest BCUT2D eigenvalue weighted by atomic mass is 10.2. The molecule has 1 unspecified atom stereocenters. The molecule has 1 atom stereocenters. The highest BCUT2D eigenvalue weighted by Gasteiger charge is 2.37. The van der Waals surface area contributed by atoms with Crippen LogP contribution in [-0.4, -0.2) is 50.0 Å². The molecule has 7 nitrogen and oxygen atoms in total. The fraction of sp³-hybridized carbons (Fsp3) is 1.00. The number of nitrogens with zero attached hydrogens (tertiary/aromatic N) is 1. The highest BCUT2D eigenvalue weighted by Crippen LogP contribution is 2.21. The Morgan fingerprint density at radius 2 is 2.21 bits per heavy atom. The fourth-order valence-corrected chi connectivity index (χ4v) is 2.11. The Balaban J connectivity index is 2.20. The van der Waals surface area contributed by atoms with Gasteiger partial charge in [0.25, 0.3) is 10.1 Å². The van der Waals surface area contributed by atoms with Crippen LogP contribution in [0.2, 0.25) is 0 Å². The van der Waals surface area contributed by atoms with Gasteiger partial charge in [0.2, 0.25) is 0 Å². The predicted molar refractivity (Wildman–Crippen MR) is 47.6 cm³/mol. The molecule has 1 aliphatic rings. The second kappa shape index (κ2) is 5.01. The van der Waals surface area contributed by atoms with Crippen molar-refractivity contribution in [2.24, 2.45) is 5.73 Å². The molecule has 3 N–H and O–H groups in total. The van der Waals surface area contributed by atoms with E-state index in [4.69, 9.17) is 19.8 Å². The van der Waals surface area contributed by atoms with Gasteiger partial charge in [-0.25, -0.2) is 0 Å². The van der Waals surface area contributed by atoms with Crippen LogP contribution in [-0.2, 0) is 19.6 Å². The highest BCUT2D eigenvalue weighted by molar-refractivity contribution is 7.86. The van der Waals surface area contributed by atoms with Gasteiger partial charge >= 0.3 is 0 Å². The third-order valence-electron chi connectivity index (χ3n) is 1.96. The molecule has 0 radical (unpaired) electrons. The molecule has 1 rings (SSSR count). The summed E-state index contributed by atoms with van der Waals surface area (Å²) in [5, 5.41) is -0.833. The predicted octanol–water partition coefficient (Wildman–Crippen LogP) is -1.23. The molecule has 0 aliphatic carbocycles. The lowest BCUT2D eigenvalue weighted by Crippen LogP contribution is -2.52. The zero-order valence-corrected chi connectivity index (χ0v) is 8.44. The summed E-state index contributed by atoms with van der Waals surface area (Å²) < 4.78 is 39.8. The Kier molecular flexibility index (Phi) is 4.23. The van der Waals surface area contributed by atoms with E-state index in [2.05, 4.69) is 0 Å². The summed E-state index contributed by atoms with van der Waals surface area (Å²) in [6.45, 7) is 0.782. The van der Waals surface area contributed by atoms with E-state index in [0.29, 0.717) is 13.0 Å². The molecular formula is C6H14N2O5S. The van der Waals surface area contributed by atoms with Crippen LogP contribution >= 0.6 is 0 Å². The third-order valence-corrected chi connectivity index (χ3v) is 3.18. The number of rotatable bonds is 6. The van der Waals surface area contributed by atoms with Crippen molar-refractivity contribution in [2.75, 3.05) is 26.8 Å². The van der Waals surface area contributed by atoms with Crippen molar-refractivity contribution in [3.63, 3.8) is 0 Å². The van der Waals surface area contributed by atoms with Crippen LogP contribution in [0.4, 0.5) is 0 Å². The molecule has 84 valence electrons. The van der Waals surface area contributed by atoms with Crippen molar-refractivity contribution in [3.8, 4) is 0 Å². The third kappa shape index (κ3) is 3.15. The number of hydrogen-bond donors (Lipinski definition) is 2. The van der Waals surface area contributed by atoms with Gasteiger partial charge < -0.3 is 15.2 Å². The van der Waals surface area contributed by atoms with Crippen LogP contribution in [0.15, 0.2) is 0 Å². The van der Waals surface area contributed by atoms with Crippen molar-refractivity contribution in [1.82, 2.24) is 4.90 Å². The molecule has 0 amide bonds. The molecule has 0 saturated carbocycles. The van der Waals surface area contributed by atoms with E-state index < -0.39 is 15.5 Å². The number of ether oxygens (including phenoxy) is 2. The Labute approximate surface area is 82.5 Å². The molecule has 1 saturated heterocycles. The maximum absolute atomic E-state index is 10.7. The van der Waals surface area contributed by atoms with Crippen LogP contribution in [0.5, 0.6) is 0 Å². The highest BCUT2D eigenvalue weighted by atomic mass is 32.2. The maximum Gasteiger partial charge on any atom is 0.281 e. The van der Waals surface area contributed by atoms with E-state index in [1.807, 2.05) is 0 Å². The minimum Gasteiger partial charge on any atom is -0.340 e. The first kappa shape index (κ1) is 11.8. The lowest BCUT2D eigenvalue weighted by Gasteiger charge is -2.37. The summed E-state index contributed by atoms with van der Waals surface area (Å²) in [5.74, 6) is 0. The van der Waals surface area contributed by atoms with Crippen LogP contribution in [0, 0.1) is 0 Å². The average molecular weight is 226 g/mol. The van der Waals surface area contributed by atoms with E-state index in [0.717, 1.165) is 0 Å². The molecule has 14 heavy (non-hydrogen) atoms. The molecule has 1 fully saturated rings. The smallest absolute Gasteiger partial charge is 0.281 e. The van der Waals surface area contributed by atoms with Gasteiger partial charge in [-0.3, -0.25) is 9.45 Å². The van der Waals surface area contributed by atoms with Crippen molar-refractivity contribution in [1.29, 1.82) is 0 Å². The number of likely N-dealkylation sites (tertiary alicyclic amines) is 1. The second-order valence-electron chi connectivity index (χ2n) is 2.89. The van der Waals surface area contributed by atoms with Crippen molar-refractivity contribution < 1.29 is 22.4 Å². The van der Waals surface area contributed by atoms with E-state index in [1.165, 1.54) is 4.90 Å². The van der Waals surface area contributed by atoms with Gasteiger partial charge in [0.15, 0.2) is 0 Å². The normalized spacial score (nSPS) is 23.4. The van der Waals surface area contributed by atoms with Crippen LogP contribution in [0.25, 0.3) is 0 Å². The van der Waals surface area contributed by atoms with Gasteiger partial charge in [0.05, 0.1) is 6.73 Å². The summed E-state index contributed by atoms with van der Waals surface area (Å²) in [6, 6.07) is 0. The van der Waals surface area contributed by atoms with E-state index >= 15 is 0 Å². The van der Waals surface area contributed by atoms with Gasteiger partial charge in [-0.15, -0.1) is 0 Å². The van der Waals surface area contributed by atoms with Crippen LogP contribution in [0.1, 0.15) is 6.42 Å². The average Bonchev–Trinajstić information content (AvgIpc) is 1.98. The summed E-state index contributed by atoms with van der Waals surface area (Å²) in [5.41, 5.74) is 5.04. The van der Waals surface area contributed by atoms with Crippen molar-refractivity contribution in [2.45, 2.75) is 11.8 Å². The van der Waals surface area contributed by atoms with Crippen LogP contribution < -0.4 is 5.73 Å². The zero-order chi connectivity index (χ0) is 10.6. The standard InChI is InChI=1S/C6H14N2O5S/c7-3-12-5-13-4-8-2-1-6(8)14(9,10)11/h6H,1-5,7H2,(H,9,10,11). The summed E-state index contributed by atoms with van der Waals surface area (Å²) >= 11 is 0. The maximum atomic E-state index is 10.7. The minimum atomic E-state index is -3.98. The first-order chi connectivity index (χ1) is 6.55. The SMILES string of the molecule is NCOCOCN1CCC1S(=O)(=O)O. The topological polar surface area (TPSA) is 102 Å². The van der Waals surface area contributed by atoms with Crippen LogP contribution in [0.3, 0.4) is 0 Å². The van der Waals surface area contributed by atoms with Crippen molar-refractivity contribution in [3.05, 3.63) is 0 Å². The first-order valence-electron chi connectivity index (χ1n) is 4.11. The Morgan fingerprint density at radius 3 is 2.64 bits per heavy atom. The minimum absolute atomic E-state index is 0.0190. The molecule has 0 aromatic heterocycles. The largest absolute Gasteiger partial charge is 0.340 e. The second-order valence-corrected chi connectivity index (χ2v) is 4.47. The van der Waals surface area contributed by atoms with Crippen molar-refractivity contribution >= 4 is 10.1 Å². The quantitative estimate of drug-likeness (QED) is 0.332. The van der Waals surface area contributed by atoms with E-state index in [-0.39, 0.29) is 20.3 Å². The summed E-state index contributed by atoms with van der Waals surface area (Å²) in [4.78, 5) is 1.50. The molecule has 0 bridgehead atoms. The molecule has 0 spiro atoms. The Hall–Kier alpha value is -0.250. The van der Waals surface area contributed by atoms with Gasteiger partial charge in [-0.1, -0.05) is 0 Å². The van der Waals surface area contributed by atoms with Gasteiger partial charge in [-0.05, 0) is 6.42 Å². The monoisotopic (exact) mass is 226 g/mol. The summed E-state index contributed by atoms with van der Waals surface area (Å²) in [7, 11) is -3.98. The zero-order valence-electron chi connectivity index (χ0n) is 7.63. The molecule has 0 aromatic carbocycles.